The van der Waals surface area contributed by atoms with E-state index in [1.54, 1.807) is 13.0 Å². The van der Waals surface area contributed by atoms with Gasteiger partial charge in [0.2, 0.25) is 23.6 Å². The number of phenolic OH excluding ortho intramolecular Hbond substituents is 1. The highest BCUT2D eigenvalue weighted by molar-refractivity contribution is 6.32. The Balaban J connectivity index is 1.56. The number of amides is 4. The number of hydrogen-bond donors (Lipinski definition) is 2. The number of carbonyl (C=O) groups is 4. The molecule has 190 valence electrons. The van der Waals surface area contributed by atoms with Crippen molar-refractivity contribution in [2.45, 2.75) is 25.7 Å². The zero-order chi connectivity index (χ0) is 26.4. The minimum Gasteiger partial charge on any atom is -0.508 e. The lowest BCUT2D eigenvalue weighted by atomic mass is 9.51. The second-order valence-electron chi connectivity index (χ2n) is 10.3. The van der Waals surface area contributed by atoms with E-state index < -0.39 is 58.5 Å². The molecule has 0 bridgehead atoms. The molecule has 3 fully saturated rings. The number of allylic oxidation sites excluding steroid dienone is 2. The number of anilines is 1. The third-order valence-electron chi connectivity index (χ3n) is 8.58. The molecule has 0 aromatic heterocycles. The summed E-state index contributed by atoms with van der Waals surface area (Å²) in [4.78, 5) is 54.4. The van der Waals surface area contributed by atoms with E-state index in [4.69, 9.17) is 23.2 Å². The fourth-order valence-corrected chi connectivity index (χ4v) is 7.25. The van der Waals surface area contributed by atoms with Gasteiger partial charge in [0.15, 0.2) is 0 Å². The molecule has 2 heterocycles. The molecule has 6 atom stereocenters. The number of fused-ring (bicyclic) bond motifs is 4. The summed E-state index contributed by atoms with van der Waals surface area (Å²) < 4.78 is 13.9. The Morgan fingerprint density at radius 1 is 1.05 bits per heavy atom. The number of hydrogen-bond acceptors (Lipinski definition) is 5. The summed E-state index contributed by atoms with van der Waals surface area (Å²) in [6, 6.07) is 8.14. The van der Waals surface area contributed by atoms with E-state index in [1.807, 2.05) is 6.08 Å². The molecule has 37 heavy (non-hydrogen) atoms. The molecule has 2 aromatic rings. The van der Waals surface area contributed by atoms with Crippen molar-refractivity contribution in [2.24, 2.45) is 29.1 Å². The van der Waals surface area contributed by atoms with E-state index in [0.29, 0.717) is 17.0 Å². The van der Waals surface area contributed by atoms with E-state index in [1.165, 1.54) is 24.3 Å². The van der Waals surface area contributed by atoms with Gasteiger partial charge in [-0.05, 0) is 62.1 Å². The number of halogens is 3. The fraction of sp³-hybridized carbons (Fsp3) is 0.333. The topological polar surface area (TPSA) is 104 Å². The lowest BCUT2D eigenvalue weighted by Crippen LogP contribution is -2.48. The van der Waals surface area contributed by atoms with Crippen LogP contribution in [0.15, 0.2) is 48.0 Å². The Labute approximate surface area is 221 Å². The van der Waals surface area contributed by atoms with Gasteiger partial charge in [-0.1, -0.05) is 34.9 Å². The average Bonchev–Trinajstić information content (AvgIpc) is 3.25. The Morgan fingerprint density at radius 2 is 1.81 bits per heavy atom. The van der Waals surface area contributed by atoms with Gasteiger partial charge in [-0.25, -0.2) is 9.29 Å². The maximum atomic E-state index is 14.2. The van der Waals surface area contributed by atoms with Crippen LogP contribution in [0, 0.1) is 34.9 Å². The molecule has 2 aliphatic heterocycles. The highest BCUT2D eigenvalue weighted by atomic mass is 35.5. The summed E-state index contributed by atoms with van der Waals surface area (Å²) in [6.45, 7) is 1.68. The van der Waals surface area contributed by atoms with Crippen molar-refractivity contribution >= 4 is 52.5 Å². The number of phenols is 1. The minimum atomic E-state index is -1.35. The Morgan fingerprint density at radius 3 is 2.54 bits per heavy atom. The van der Waals surface area contributed by atoms with Crippen LogP contribution < -0.4 is 10.2 Å². The van der Waals surface area contributed by atoms with Crippen LogP contribution in [0.25, 0.3) is 0 Å². The van der Waals surface area contributed by atoms with Gasteiger partial charge in [0, 0.05) is 16.5 Å². The first-order chi connectivity index (χ1) is 17.5. The molecule has 2 saturated heterocycles. The summed E-state index contributed by atoms with van der Waals surface area (Å²) in [5.74, 6) is -5.98. The lowest BCUT2D eigenvalue weighted by Gasteiger charge is -2.49. The molecule has 2 aromatic carbocycles. The molecular formula is C27H21Cl2FN2O5. The summed E-state index contributed by atoms with van der Waals surface area (Å²) in [6.07, 6.45) is 2.33. The minimum absolute atomic E-state index is 0.103. The zero-order valence-corrected chi connectivity index (χ0v) is 21.0. The maximum absolute atomic E-state index is 14.2. The number of rotatable bonds is 2. The molecule has 1 saturated carbocycles. The van der Waals surface area contributed by atoms with Crippen molar-refractivity contribution in [1.82, 2.24) is 5.32 Å². The highest BCUT2D eigenvalue weighted by Gasteiger charge is 2.67. The van der Waals surface area contributed by atoms with Crippen molar-refractivity contribution in [2.75, 3.05) is 4.90 Å². The second kappa shape index (κ2) is 8.13. The Hall–Kier alpha value is -3.23. The predicted molar refractivity (Wildman–Crippen MR) is 132 cm³/mol. The molecule has 7 nitrogen and oxygen atoms in total. The average molecular weight is 543 g/mol. The quantitative estimate of drug-likeness (QED) is 0.433. The molecular weight excluding hydrogens is 522 g/mol. The van der Waals surface area contributed by atoms with Gasteiger partial charge in [-0.3, -0.25) is 24.5 Å². The molecule has 0 spiro atoms. The number of imide groups is 2. The van der Waals surface area contributed by atoms with E-state index >= 15 is 0 Å². The first-order valence-corrected chi connectivity index (χ1v) is 12.7. The van der Waals surface area contributed by atoms with Gasteiger partial charge in [0.05, 0.1) is 33.9 Å². The third-order valence-corrected chi connectivity index (χ3v) is 9.10. The molecule has 6 rings (SSSR count). The smallest absolute Gasteiger partial charge is 0.241 e. The predicted octanol–water partition coefficient (Wildman–Crippen LogP) is 4.36. The molecule has 0 radical (unpaired) electrons. The van der Waals surface area contributed by atoms with Crippen molar-refractivity contribution < 1.29 is 28.7 Å². The van der Waals surface area contributed by atoms with Crippen LogP contribution in [0.4, 0.5) is 10.1 Å². The van der Waals surface area contributed by atoms with Crippen molar-refractivity contribution in [1.29, 1.82) is 0 Å². The van der Waals surface area contributed by atoms with Crippen molar-refractivity contribution in [3.63, 3.8) is 0 Å². The third kappa shape index (κ3) is 3.25. The SMILES string of the molecule is CC12C(=O)N(c3ccc(F)c(Cl)c3)C(=O)C1CC1C(=CCC3C(=O)NC(=O)C31)C2c1cc(Cl)ccc1O. The summed E-state index contributed by atoms with van der Waals surface area (Å²) in [5.41, 5.74) is -0.134. The van der Waals surface area contributed by atoms with Gasteiger partial charge in [0.1, 0.15) is 11.6 Å². The van der Waals surface area contributed by atoms with Crippen molar-refractivity contribution in [3.8, 4) is 5.75 Å². The number of nitrogens with one attached hydrogen (secondary N) is 1. The van der Waals surface area contributed by atoms with Gasteiger partial charge >= 0.3 is 0 Å². The highest BCUT2D eigenvalue weighted by Crippen LogP contribution is 2.64. The van der Waals surface area contributed by atoms with Gasteiger partial charge in [-0.2, -0.15) is 0 Å². The largest absolute Gasteiger partial charge is 0.508 e. The Bertz CT molecular complexity index is 1460. The molecule has 4 aliphatic rings. The van der Waals surface area contributed by atoms with Gasteiger partial charge < -0.3 is 5.11 Å². The van der Waals surface area contributed by atoms with E-state index in [0.717, 1.165) is 16.5 Å². The standard InChI is InChI=1S/C27H21Cl2FN2O5/c1-27-17(25(36)32(26(27)37)12-3-6-19(30)18(29)9-12)10-15-13(4-5-14-21(15)24(35)31-23(14)34)22(27)16-8-11(28)2-7-20(16)33/h2-4,6-9,14-15,17,21-22,33H,5,10H2,1H3,(H,31,34,35). The summed E-state index contributed by atoms with van der Waals surface area (Å²) >= 11 is 12.3. The monoisotopic (exact) mass is 542 g/mol. The van der Waals surface area contributed by atoms with Crippen LogP contribution in [0.2, 0.25) is 10.0 Å². The van der Waals surface area contributed by atoms with Crippen LogP contribution in [0.5, 0.6) is 5.75 Å². The normalized spacial score (nSPS) is 32.6. The van der Waals surface area contributed by atoms with Gasteiger partial charge in [0.25, 0.3) is 0 Å². The fourth-order valence-electron chi connectivity index (χ4n) is 6.90. The number of carbonyl (C=O) groups excluding carboxylic acids is 4. The second-order valence-corrected chi connectivity index (χ2v) is 11.2. The van der Waals surface area contributed by atoms with Crippen LogP contribution in [-0.2, 0) is 19.2 Å². The molecule has 4 amide bonds. The zero-order valence-electron chi connectivity index (χ0n) is 19.5. The number of aromatic hydroxyl groups is 1. The first kappa shape index (κ1) is 24.1. The first-order valence-electron chi connectivity index (χ1n) is 11.9. The van der Waals surface area contributed by atoms with Crippen LogP contribution in [-0.4, -0.2) is 28.7 Å². The number of benzene rings is 2. The lowest BCUT2D eigenvalue weighted by molar-refractivity contribution is -0.131. The van der Waals surface area contributed by atoms with Crippen LogP contribution in [0.3, 0.4) is 0 Å². The molecule has 6 unspecified atom stereocenters. The van der Waals surface area contributed by atoms with Crippen molar-refractivity contribution in [3.05, 3.63) is 69.5 Å². The molecule has 2 N–H and O–H groups in total. The Kier molecular flexibility index (Phi) is 5.30. The molecule has 10 heteroatoms. The maximum Gasteiger partial charge on any atom is 0.241 e. The van der Waals surface area contributed by atoms with E-state index in [9.17, 15) is 28.7 Å². The molecule has 2 aliphatic carbocycles. The summed E-state index contributed by atoms with van der Waals surface area (Å²) in [7, 11) is 0. The van der Waals surface area contributed by atoms with Crippen LogP contribution in [0.1, 0.15) is 31.2 Å². The van der Waals surface area contributed by atoms with Crippen LogP contribution >= 0.6 is 23.2 Å². The van der Waals surface area contributed by atoms with E-state index in [2.05, 4.69) is 5.32 Å². The summed E-state index contributed by atoms with van der Waals surface area (Å²) in [5, 5.41) is 13.4. The van der Waals surface area contributed by atoms with Gasteiger partial charge in [-0.15, -0.1) is 0 Å². The number of nitrogens with zero attached hydrogens (tertiary/aromatic N) is 1. The van der Waals surface area contributed by atoms with E-state index in [-0.39, 0.29) is 28.8 Å².